The zero-order valence-corrected chi connectivity index (χ0v) is 49.7. The summed E-state index contributed by atoms with van der Waals surface area (Å²) in [4.78, 5) is 103. The summed E-state index contributed by atoms with van der Waals surface area (Å²) in [6.07, 6.45) is 0.494. The van der Waals surface area contributed by atoms with Crippen molar-refractivity contribution in [2.45, 2.75) is 75.5 Å². The minimum atomic E-state index is -2.64. The van der Waals surface area contributed by atoms with E-state index in [0.29, 0.717) is 104 Å². The Labute approximate surface area is 501 Å². The highest BCUT2D eigenvalue weighted by Gasteiger charge is 2.33. The topological polar surface area (TPSA) is 397 Å². The summed E-state index contributed by atoms with van der Waals surface area (Å²) in [6, 6.07) is 14.3. The van der Waals surface area contributed by atoms with Crippen molar-refractivity contribution in [1.82, 2.24) is 42.5 Å². The first kappa shape index (κ1) is 71.6. The molecule has 1 aliphatic rings. The predicted molar refractivity (Wildman–Crippen MR) is 316 cm³/mol. The molecule has 478 valence electrons. The van der Waals surface area contributed by atoms with Crippen molar-refractivity contribution in [3.63, 3.8) is 0 Å². The van der Waals surface area contributed by atoms with E-state index in [2.05, 4.69) is 42.5 Å². The number of aromatic hydroxyl groups is 1. The van der Waals surface area contributed by atoms with Crippen LogP contribution in [0.4, 0.5) is 0 Å². The molecule has 0 spiro atoms. The lowest BCUT2D eigenvalue weighted by molar-refractivity contribution is -0.134. The predicted octanol–water partition coefficient (Wildman–Crippen LogP) is -0.945. The molecule has 4 rings (SSSR count). The van der Waals surface area contributed by atoms with E-state index in [-0.39, 0.29) is 114 Å². The maximum atomic E-state index is 14.3. The number of benzene rings is 3. The van der Waals surface area contributed by atoms with E-state index >= 15 is 0 Å². The Balaban J connectivity index is 1.13. The SMILES string of the molecule is N=C(N)NCCC[C@@H]1NC(=O)[C@H](CCCNC(=O)CCOCCOCCOCCOCCOCCOCCOCCOCCNC(=O)CC[PH](=O)O)NC(=O)[C@@H](Cc2ccc(O)cc2)NC(=O)CNC(=O)[C@H](Cc2ccc3ccccc3c2)NC1=O. The molecule has 0 bridgehead atoms. The van der Waals surface area contributed by atoms with E-state index in [1.165, 1.54) is 12.1 Å². The van der Waals surface area contributed by atoms with E-state index in [4.69, 9.17) is 53.9 Å². The summed E-state index contributed by atoms with van der Waals surface area (Å²) in [5.74, 6) is -4.50. The second-order valence-electron chi connectivity index (χ2n) is 19.6. The molecule has 0 aliphatic carbocycles. The van der Waals surface area contributed by atoms with Crippen LogP contribution in [0.15, 0.2) is 66.7 Å². The molecule has 1 saturated heterocycles. The largest absolute Gasteiger partial charge is 0.508 e. The Morgan fingerprint density at radius 2 is 0.953 bits per heavy atom. The van der Waals surface area contributed by atoms with Gasteiger partial charge in [-0.15, -0.1) is 0 Å². The molecule has 7 amide bonds. The van der Waals surface area contributed by atoms with Crippen molar-refractivity contribution in [2.24, 2.45) is 5.73 Å². The number of guanidine groups is 1. The first-order chi connectivity index (χ1) is 41.7. The number of nitrogens with one attached hydrogen (secondary N) is 9. The van der Waals surface area contributed by atoms with Gasteiger partial charge in [-0.25, -0.2) is 0 Å². The highest BCUT2D eigenvalue weighted by Crippen LogP contribution is 2.18. The number of hydrogen-bond donors (Lipinski definition) is 12. The van der Waals surface area contributed by atoms with Gasteiger partial charge in [0.1, 0.15) is 29.9 Å². The van der Waals surface area contributed by atoms with Gasteiger partial charge in [-0.3, -0.25) is 43.5 Å². The van der Waals surface area contributed by atoms with Crippen LogP contribution >= 0.6 is 8.03 Å². The third-order valence-electron chi connectivity index (χ3n) is 12.8. The molecule has 0 aromatic heterocycles. The fraction of sp³-hybridized carbons (Fsp3) is 0.579. The molecule has 1 unspecified atom stereocenters. The molecule has 1 heterocycles. The molecule has 3 aromatic carbocycles. The van der Waals surface area contributed by atoms with Crippen LogP contribution in [0, 0.1) is 5.41 Å². The molecule has 29 heteroatoms. The maximum absolute atomic E-state index is 14.3. The van der Waals surface area contributed by atoms with Crippen LogP contribution < -0.4 is 48.3 Å². The highest BCUT2D eigenvalue weighted by atomic mass is 31.1. The van der Waals surface area contributed by atoms with Gasteiger partial charge in [0.15, 0.2) is 14.0 Å². The van der Waals surface area contributed by atoms with Gasteiger partial charge in [-0.1, -0.05) is 54.6 Å². The zero-order valence-electron chi connectivity index (χ0n) is 48.7. The molecule has 5 atom stereocenters. The third-order valence-corrected chi connectivity index (χ3v) is 13.5. The average molecular weight is 1230 g/mol. The van der Waals surface area contributed by atoms with E-state index < -0.39 is 68.3 Å². The minimum Gasteiger partial charge on any atom is -0.508 e. The molecular weight excluding hydrogens is 1140 g/mol. The van der Waals surface area contributed by atoms with Crippen molar-refractivity contribution in [3.8, 4) is 5.75 Å². The van der Waals surface area contributed by atoms with Crippen LogP contribution in [-0.4, -0.2) is 220 Å². The Morgan fingerprint density at radius 3 is 1.49 bits per heavy atom. The molecule has 0 saturated carbocycles. The number of nitrogens with two attached hydrogens (primary N) is 1. The minimum absolute atomic E-state index is 0.00587. The average Bonchev–Trinajstić information content (AvgIpc) is 2.75. The Kier molecular flexibility index (Phi) is 36.4. The van der Waals surface area contributed by atoms with E-state index in [0.717, 1.165) is 10.8 Å². The Hall–Kier alpha value is -6.85. The Morgan fingerprint density at radius 1 is 0.523 bits per heavy atom. The van der Waals surface area contributed by atoms with Crippen molar-refractivity contribution in [2.75, 3.05) is 138 Å². The monoisotopic (exact) mass is 1230 g/mol. The van der Waals surface area contributed by atoms with Gasteiger partial charge in [0.25, 0.3) is 0 Å². The van der Waals surface area contributed by atoms with E-state index in [1.807, 2.05) is 42.5 Å². The molecule has 86 heavy (non-hydrogen) atoms. The second-order valence-corrected chi connectivity index (χ2v) is 20.9. The van der Waals surface area contributed by atoms with Gasteiger partial charge in [0.05, 0.1) is 112 Å². The summed E-state index contributed by atoms with van der Waals surface area (Å²) in [5.41, 5.74) is 6.77. The van der Waals surface area contributed by atoms with Gasteiger partial charge in [0, 0.05) is 51.5 Å². The summed E-state index contributed by atoms with van der Waals surface area (Å²) in [5, 5.41) is 40.9. The van der Waals surface area contributed by atoms with Gasteiger partial charge in [-0.2, -0.15) is 0 Å². The number of phenolic OH excluding ortho intramolecular Hbond substituents is 1. The fourth-order valence-electron chi connectivity index (χ4n) is 8.31. The first-order valence-corrected chi connectivity index (χ1v) is 30.4. The number of carbonyl (C=O) groups excluding carboxylic acids is 7. The van der Waals surface area contributed by atoms with Crippen molar-refractivity contribution >= 4 is 66.1 Å². The quantitative estimate of drug-likeness (QED) is 0.0141. The number of hydrogen-bond acceptors (Lipinski definition) is 18. The summed E-state index contributed by atoms with van der Waals surface area (Å²) in [6.45, 7) is 5.59. The number of fused-ring (bicyclic) bond motifs is 1. The summed E-state index contributed by atoms with van der Waals surface area (Å²) >= 11 is 0. The van der Waals surface area contributed by atoms with Crippen LogP contribution in [-0.2, 0) is 88.9 Å². The fourth-order valence-corrected chi connectivity index (χ4v) is 8.75. The standard InChI is InChI=1S/C57H87N10O18P/c58-57(59)62-18-4-8-47-55(74)67-48(39-42-9-12-43-5-1-2-6-44(43)37-42)53(72)63-40-52(71)64-49(38-41-10-13-45(68)14-11-41)56(75)66-46(54(73)65-47)7-3-17-60-50(69)15-20-78-22-24-80-26-28-82-30-32-84-34-35-85-33-31-83-29-27-81-25-23-79-21-19-61-51(70)16-36-86(76)77/h1-2,5-6,9-14,37,46-49,68,86H,3-4,7-8,15-36,38-40H2,(H,60,69)(H,61,70)(H,63,72)(H,64,71)(H,65,73)(H,66,75)(H,67,74)(H,76,77)(H4,58,59,62)/t46-,47-,48-,49+/m0/s1. The normalized spacial score (nSPS) is 17.2. The Bertz CT molecular complexity index is 2550. The van der Waals surface area contributed by atoms with E-state index in [9.17, 15) is 43.2 Å². The number of phenols is 1. The molecular formula is C57H87N10O18P. The zero-order chi connectivity index (χ0) is 62.0. The summed E-state index contributed by atoms with van der Waals surface area (Å²) in [7, 11) is -2.64. The number of carbonyl (C=O) groups is 7. The summed E-state index contributed by atoms with van der Waals surface area (Å²) < 4.78 is 54.5. The molecule has 0 radical (unpaired) electrons. The van der Waals surface area contributed by atoms with Crippen LogP contribution in [0.2, 0.25) is 0 Å². The number of rotatable bonds is 42. The lowest BCUT2D eigenvalue weighted by atomic mass is 10.0. The van der Waals surface area contributed by atoms with Crippen molar-refractivity contribution in [3.05, 3.63) is 77.9 Å². The lowest BCUT2D eigenvalue weighted by Crippen LogP contribution is -2.58. The van der Waals surface area contributed by atoms with Gasteiger partial charge in [0.2, 0.25) is 41.4 Å². The maximum Gasteiger partial charge on any atom is 0.243 e. The van der Waals surface area contributed by atoms with Crippen molar-refractivity contribution < 1.29 is 86.0 Å². The van der Waals surface area contributed by atoms with Gasteiger partial charge >= 0.3 is 0 Å². The van der Waals surface area contributed by atoms with Gasteiger partial charge < -0.3 is 96.2 Å². The molecule has 1 aliphatic heterocycles. The van der Waals surface area contributed by atoms with Crippen LogP contribution in [0.5, 0.6) is 5.75 Å². The highest BCUT2D eigenvalue weighted by molar-refractivity contribution is 7.38. The number of amides is 7. The molecule has 28 nitrogen and oxygen atoms in total. The van der Waals surface area contributed by atoms with Crippen LogP contribution in [0.3, 0.4) is 0 Å². The number of ether oxygens (including phenoxy) is 8. The third kappa shape index (κ3) is 32.6. The first-order valence-electron chi connectivity index (χ1n) is 28.9. The van der Waals surface area contributed by atoms with Crippen LogP contribution in [0.1, 0.15) is 49.7 Å². The molecule has 3 aromatic rings. The molecule has 13 N–H and O–H groups in total. The lowest BCUT2D eigenvalue weighted by Gasteiger charge is -2.26. The van der Waals surface area contributed by atoms with Gasteiger partial charge in [-0.05, 0) is 59.7 Å². The van der Waals surface area contributed by atoms with E-state index in [1.54, 1.807) is 12.1 Å². The van der Waals surface area contributed by atoms with Crippen molar-refractivity contribution in [1.29, 1.82) is 5.41 Å². The molecule has 1 fully saturated rings. The smallest absolute Gasteiger partial charge is 0.243 e. The second kappa shape index (κ2) is 43.7. The van der Waals surface area contributed by atoms with Crippen LogP contribution in [0.25, 0.3) is 10.8 Å².